The van der Waals surface area contributed by atoms with Crippen LogP contribution >= 0.6 is 11.3 Å². The Morgan fingerprint density at radius 3 is 2.74 bits per heavy atom. The van der Waals surface area contributed by atoms with Crippen LogP contribution in [0.15, 0.2) is 23.1 Å². The van der Waals surface area contributed by atoms with Crippen molar-refractivity contribution < 1.29 is 4.92 Å². The number of nitrogens with one attached hydrogen (secondary N) is 1. The van der Waals surface area contributed by atoms with Gasteiger partial charge in [-0.05, 0) is 30.4 Å². The number of thiophene rings is 1. The number of aromatic amines is 1. The largest absolute Gasteiger partial charge is 0.368 e. The van der Waals surface area contributed by atoms with Gasteiger partial charge in [-0.1, -0.05) is 9.61 Å². The predicted octanol–water partition coefficient (Wildman–Crippen LogP) is 1.87. The Morgan fingerprint density at radius 2 is 2.00 bits per heavy atom. The van der Waals surface area contributed by atoms with Gasteiger partial charge >= 0.3 is 5.82 Å². The number of anilines is 1. The Bertz CT molecular complexity index is 1370. The zero-order valence-electron chi connectivity index (χ0n) is 17.0. The lowest BCUT2D eigenvalue weighted by Gasteiger charge is -2.34. The molecule has 0 bridgehead atoms. The molecule has 0 radical (unpaired) electrons. The van der Waals surface area contributed by atoms with Gasteiger partial charge in [0.15, 0.2) is 5.82 Å². The molecule has 1 saturated heterocycles. The number of H-pyrrole nitrogens is 1. The third kappa shape index (κ3) is 3.43. The summed E-state index contributed by atoms with van der Waals surface area (Å²) >= 11 is 1.55. The SMILES string of the molecule is Cc1sc2nc(CN3CCN(c4ccc5ncc([N+](=O)[O-])n5n4)CC3)[nH]c(=O)c2c1C. The van der Waals surface area contributed by atoms with Crippen LogP contribution < -0.4 is 10.5 Å². The third-order valence-corrected chi connectivity index (χ3v) is 6.78. The lowest BCUT2D eigenvalue weighted by Crippen LogP contribution is -2.46. The molecule has 0 unspecified atom stereocenters. The van der Waals surface area contributed by atoms with E-state index in [1.54, 1.807) is 17.4 Å². The Kier molecular flexibility index (Phi) is 4.67. The second-order valence-corrected chi connectivity index (χ2v) is 8.78. The van der Waals surface area contributed by atoms with E-state index in [2.05, 4.69) is 29.9 Å². The van der Waals surface area contributed by atoms with Gasteiger partial charge < -0.3 is 20.0 Å². The number of piperazine rings is 1. The first kappa shape index (κ1) is 19.6. The quantitative estimate of drug-likeness (QED) is 0.377. The molecule has 0 spiro atoms. The predicted molar refractivity (Wildman–Crippen MR) is 117 cm³/mol. The second-order valence-electron chi connectivity index (χ2n) is 7.57. The third-order valence-electron chi connectivity index (χ3n) is 5.68. The maximum absolute atomic E-state index is 12.5. The van der Waals surface area contributed by atoms with Gasteiger partial charge in [-0.25, -0.2) is 9.97 Å². The molecule has 0 atom stereocenters. The highest BCUT2D eigenvalue weighted by atomic mass is 32.1. The smallest absolute Gasteiger partial charge is 0.358 e. The number of hydrogen-bond acceptors (Lipinski definition) is 9. The summed E-state index contributed by atoms with van der Waals surface area (Å²) in [7, 11) is 0. The van der Waals surface area contributed by atoms with Gasteiger partial charge in [-0.2, -0.15) is 0 Å². The summed E-state index contributed by atoms with van der Waals surface area (Å²) in [6.45, 7) is 7.47. The van der Waals surface area contributed by atoms with Crippen molar-refractivity contribution in [3.05, 3.63) is 55.1 Å². The van der Waals surface area contributed by atoms with Crippen molar-refractivity contribution in [1.29, 1.82) is 0 Å². The maximum Gasteiger partial charge on any atom is 0.368 e. The number of nitrogens with zero attached hydrogens (tertiary/aromatic N) is 7. The van der Waals surface area contributed by atoms with Crippen molar-refractivity contribution in [2.24, 2.45) is 0 Å². The number of nitro groups is 1. The van der Waals surface area contributed by atoms with Gasteiger partial charge in [0.25, 0.3) is 5.56 Å². The normalized spacial score (nSPS) is 15.2. The molecule has 160 valence electrons. The molecule has 1 aliphatic rings. The fourth-order valence-electron chi connectivity index (χ4n) is 3.87. The van der Waals surface area contributed by atoms with E-state index in [-0.39, 0.29) is 11.4 Å². The molecule has 1 N–H and O–H groups in total. The zero-order chi connectivity index (χ0) is 21.7. The van der Waals surface area contributed by atoms with E-state index < -0.39 is 4.92 Å². The van der Waals surface area contributed by atoms with Crippen molar-refractivity contribution in [2.75, 3.05) is 31.1 Å². The van der Waals surface area contributed by atoms with E-state index in [1.807, 2.05) is 19.9 Å². The number of imidazole rings is 1. The number of hydrogen-bond donors (Lipinski definition) is 1. The van der Waals surface area contributed by atoms with Crippen LogP contribution in [0.1, 0.15) is 16.3 Å². The average Bonchev–Trinajstić information content (AvgIpc) is 3.29. The molecular weight excluding hydrogens is 420 g/mol. The van der Waals surface area contributed by atoms with Crippen molar-refractivity contribution in [3.8, 4) is 0 Å². The topological polar surface area (TPSA) is 126 Å². The second kappa shape index (κ2) is 7.39. The van der Waals surface area contributed by atoms with Crippen LogP contribution in [-0.4, -0.2) is 60.6 Å². The van der Waals surface area contributed by atoms with Crippen LogP contribution in [0, 0.1) is 24.0 Å². The van der Waals surface area contributed by atoms with Crippen LogP contribution in [0.5, 0.6) is 0 Å². The van der Waals surface area contributed by atoms with Gasteiger partial charge in [-0.15, -0.1) is 11.3 Å². The fourth-order valence-corrected chi connectivity index (χ4v) is 4.91. The zero-order valence-corrected chi connectivity index (χ0v) is 17.8. The number of fused-ring (bicyclic) bond motifs is 2. The number of rotatable bonds is 4. The summed E-state index contributed by atoms with van der Waals surface area (Å²) < 4.78 is 1.26. The summed E-state index contributed by atoms with van der Waals surface area (Å²) in [4.78, 5) is 41.0. The lowest BCUT2D eigenvalue weighted by molar-refractivity contribution is -0.391. The van der Waals surface area contributed by atoms with Crippen LogP contribution in [-0.2, 0) is 6.54 Å². The Labute approximate surface area is 180 Å². The van der Waals surface area contributed by atoms with Gasteiger partial charge in [0, 0.05) is 37.1 Å². The van der Waals surface area contributed by atoms with E-state index in [4.69, 9.17) is 0 Å². The van der Waals surface area contributed by atoms with Crippen LogP contribution in [0.4, 0.5) is 11.6 Å². The van der Waals surface area contributed by atoms with E-state index in [0.717, 1.165) is 28.4 Å². The van der Waals surface area contributed by atoms with Gasteiger partial charge in [0.05, 0.1) is 11.9 Å². The van der Waals surface area contributed by atoms with Crippen molar-refractivity contribution in [3.63, 3.8) is 0 Å². The number of aromatic nitrogens is 5. The molecule has 0 saturated carbocycles. The molecule has 1 fully saturated rings. The molecule has 31 heavy (non-hydrogen) atoms. The molecule has 5 heterocycles. The molecule has 1 aliphatic heterocycles. The Morgan fingerprint density at radius 1 is 1.23 bits per heavy atom. The molecular formula is C19H20N8O3S. The van der Waals surface area contributed by atoms with Crippen LogP contribution in [0.25, 0.3) is 15.9 Å². The summed E-state index contributed by atoms with van der Waals surface area (Å²) in [5.41, 5.74) is 1.36. The average molecular weight is 440 g/mol. The summed E-state index contributed by atoms with van der Waals surface area (Å²) in [6, 6.07) is 3.56. The first-order chi connectivity index (χ1) is 14.9. The molecule has 12 heteroatoms. The Balaban J connectivity index is 1.30. The molecule has 4 aromatic heterocycles. The molecule has 0 aliphatic carbocycles. The van der Waals surface area contributed by atoms with Gasteiger partial charge in [0.1, 0.15) is 16.9 Å². The standard InChI is InChI=1S/C19H20N8O3S/c1-11-12(2)31-19-17(11)18(28)21-13(22-19)10-24-5-7-25(8-6-24)15-4-3-14-20-9-16(27(29)30)26(14)23-15/h3-4,9H,5-8,10H2,1-2H3,(H,21,22,28). The minimum absolute atomic E-state index is 0.0834. The molecule has 5 rings (SSSR count). The monoisotopic (exact) mass is 440 g/mol. The molecule has 0 aromatic carbocycles. The van der Waals surface area contributed by atoms with Gasteiger partial charge in [0.2, 0.25) is 5.65 Å². The summed E-state index contributed by atoms with van der Waals surface area (Å²) in [5.74, 6) is 1.19. The van der Waals surface area contributed by atoms with E-state index >= 15 is 0 Å². The Hall–Kier alpha value is -3.38. The van der Waals surface area contributed by atoms with Crippen molar-refractivity contribution in [1.82, 2.24) is 29.5 Å². The lowest BCUT2D eigenvalue weighted by atomic mass is 10.2. The van der Waals surface area contributed by atoms with Crippen LogP contribution in [0.2, 0.25) is 0 Å². The van der Waals surface area contributed by atoms with Gasteiger partial charge in [-0.3, -0.25) is 9.69 Å². The van der Waals surface area contributed by atoms with E-state index in [1.165, 1.54) is 10.7 Å². The van der Waals surface area contributed by atoms with Crippen LogP contribution in [0.3, 0.4) is 0 Å². The highest BCUT2D eigenvalue weighted by molar-refractivity contribution is 7.18. The molecule has 11 nitrogen and oxygen atoms in total. The maximum atomic E-state index is 12.5. The van der Waals surface area contributed by atoms with E-state index in [0.29, 0.717) is 42.3 Å². The molecule has 4 aromatic rings. The highest BCUT2D eigenvalue weighted by Gasteiger charge is 2.23. The van der Waals surface area contributed by atoms with Crippen molar-refractivity contribution in [2.45, 2.75) is 20.4 Å². The summed E-state index contributed by atoms with van der Waals surface area (Å²) in [5, 5.41) is 16.3. The number of aryl methyl sites for hydroxylation is 2. The first-order valence-corrected chi connectivity index (χ1v) is 10.7. The fraction of sp³-hybridized carbons (Fsp3) is 0.368. The minimum atomic E-state index is -0.490. The minimum Gasteiger partial charge on any atom is -0.358 e. The molecule has 0 amide bonds. The van der Waals surface area contributed by atoms with Crippen molar-refractivity contribution >= 4 is 38.8 Å². The highest BCUT2D eigenvalue weighted by Crippen LogP contribution is 2.26. The van der Waals surface area contributed by atoms with E-state index in [9.17, 15) is 14.9 Å². The summed E-state index contributed by atoms with van der Waals surface area (Å²) in [6.07, 6.45) is 1.21. The first-order valence-electron chi connectivity index (χ1n) is 9.86.